The zero-order valence-corrected chi connectivity index (χ0v) is 19.0. The maximum Gasteiger partial charge on any atom is 0.119 e. The molecule has 0 radical (unpaired) electrons. The van der Waals surface area contributed by atoms with E-state index in [1.54, 1.807) is 0 Å². The summed E-state index contributed by atoms with van der Waals surface area (Å²) in [6, 6.07) is 30.9. The van der Waals surface area contributed by atoms with Crippen molar-refractivity contribution in [2.45, 2.75) is 30.6 Å². The van der Waals surface area contributed by atoms with Crippen molar-refractivity contribution in [3.8, 4) is 5.75 Å². The minimum Gasteiger partial charge on any atom is -0.492 e. The van der Waals surface area contributed by atoms with Gasteiger partial charge in [-0.1, -0.05) is 79.7 Å². The molecule has 1 aliphatic rings. The van der Waals surface area contributed by atoms with E-state index in [2.05, 4.69) is 111 Å². The van der Waals surface area contributed by atoms with E-state index in [0.717, 1.165) is 25.1 Å². The van der Waals surface area contributed by atoms with Gasteiger partial charge in [-0.25, -0.2) is 0 Å². The molecule has 1 fully saturated rings. The normalized spacial score (nSPS) is 22.4. The average molecular weight is 422 g/mol. The molecule has 0 N–H and O–H groups in total. The molecule has 0 spiro atoms. The second-order valence-corrected chi connectivity index (χ2v) is 8.43. The van der Waals surface area contributed by atoms with Crippen molar-refractivity contribution in [1.29, 1.82) is 0 Å². The molecule has 30 heavy (non-hydrogen) atoms. The fraction of sp³-hybridized carbons (Fsp3) is 0.333. The van der Waals surface area contributed by atoms with Crippen LogP contribution in [0, 0.1) is 0 Å². The molecule has 2 unspecified atom stereocenters. The summed E-state index contributed by atoms with van der Waals surface area (Å²) in [5.74, 6) is 0.946. The largest absolute Gasteiger partial charge is 0.492 e. The molecule has 0 heterocycles. The molecule has 3 heteroatoms. The van der Waals surface area contributed by atoms with Gasteiger partial charge in [0, 0.05) is 17.4 Å². The van der Waals surface area contributed by atoms with Gasteiger partial charge in [-0.3, -0.25) is 0 Å². The Hall–Kier alpha value is -2.29. The molecule has 2 nitrogen and oxygen atoms in total. The minimum atomic E-state index is 0. The predicted molar refractivity (Wildman–Crippen MR) is 128 cm³/mol. The van der Waals surface area contributed by atoms with Gasteiger partial charge in [-0.05, 0) is 55.8 Å². The SMILES string of the molecule is CCC1(c2ccccc2)CC1(c1ccccc1)c1ccc(OCCN(C)C)cc1.Cl. The van der Waals surface area contributed by atoms with Gasteiger partial charge in [0.25, 0.3) is 0 Å². The number of nitrogens with zero attached hydrogens (tertiary/aromatic N) is 1. The van der Waals surface area contributed by atoms with Crippen molar-refractivity contribution in [2.75, 3.05) is 27.2 Å². The van der Waals surface area contributed by atoms with E-state index in [1.165, 1.54) is 16.7 Å². The number of rotatable bonds is 8. The van der Waals surface area contributed by atoms with Gasteiger partial charge in [-0.15, -0.1) is 12.4 Å². The van der Waals surface area contributed by atoms with Gasteiger partial charge in [0.05, 0.1) is 0 Å². The van der Waals surface area contributed by atoms with E-state index in [9.17, 15) is 0 Å². The smallest absolute Gasteiger partial charge is 0.119 e. The number of hydrogen-bond acceptors (Lipinski definition) is 2. The van der Waals surface area contributed by atoms with Crippen LogP contribution >= 0.6 is 12.4 Å². The molecule has 0 aromatic heterocycles. The summed E-state index contributed by atoms with van der Waals surface area (Å²) in [7, 11) is 4.13. The van der Waals surface area contributed by atoms with Crippen LogP contribution in [0.15, 0.2) is 84.9 Å². The molecule has 3 aromatic rings. The first-order valence-corrected chi connectivity index (χ1v) is 10.6. The van der Waals surface area contributed by atoms with Crippen LogP contribution in [0.25, 0.3) is 0 Å². The van der Waals surface area contributed by atoms with E-state index in [4.69, 9.17) is 4.74 Å². The van der Waals surface area contributed by atoms with E-state index in [1.807, 2.05) is 0 Å². The van der Waals surface area contributed by atoms with Gasteiger partial charge in [0.15, 0.2) is 0 Å². The van der Waals surface area contributed by atoms with Gasteiger partial charge in [0.2, 0.25) is 0 Å². The van der Waals surface area contributed by atoms with Crippen LogP contribution in [-0.4, -0.2) is 32.1 Å². The molecule has 2 atom stereocenters. The zero-order valence-electron chi connectivity index (χ0n) is 18.2. The highest BCUT2D eigenvalue weighted by Crippen LogP contribution is 2.70. The number of hydrogen-bond donors (Lipinski definition) is 0. The van der Waals surface area contributed by atoms with Gasteiger partial charge in [0.1, 0.15) is 12.4 Å². The predicted octanol–water partition coefficient (Wildman–Crippen LogP) is 6.09. The first-order chi connectivity index (χ1) is 14.1. The first-order valence-electron chi connectivity index (χ1n) is 10.6. The summed E-state index contributed by atoms with van der Waals surface area (Å²) in [6.45, 7) is 3.96. The van der Waals surface area contributed by atoms with Crippen LogP contribution < -0.4 is 4.74 Å². The summed E-state index contributed by atoms with van der Waals surface area (Å²) in [6.07, 6.45) is 2.26. The summed E-state index contributed by atoms with van der Waals surface area (Å²) >= 11 is 0. The second-order valence-electron chi connectivity index (χ2n) is 8.43. The highest BCUT2D eigenvalue weighted by molar-refractivity contribution is 5.85. The van der Waals surface area contributed by atoms with Crippen LogP contribution in [0.1, 0.15) is 36.5 Å². The Morgan fingerprint density at radius 3 is 1.83 bits per heavy atom. The lowest BCUT2D eigenvalue weighted by molar-refractivity contribution is 0.261. The Morgan fingerprint density at radius 2 is 1.30 bits per heavy atom. The Kier molecular flexibility index (Phi) is 6.90. The van der Waals surface area contributed by atoms with Gasteiger partial charge in [-0.2, -0.15) is 0 Å². The first kappa shape index (κ1) is 22.4. The zero-order chi connectivity index (χ0) is 20.3. The van der Waals surface area contributed by atoms with Crippen molar-refractivity contribution in [3.63, 3.8) is 0 Å². The number of benzene rings is 3. The van der Waals surface area contributed by atoms with Crippen molar-refractivity contribution in [3.05, 3.63) is 102 Å². The van der Waals surface area contributed by atoms with Crippen molar-refractivity contribution < 1.29 is 4.74 Å². The van der Waals surface area contributed by atoms with Crippen molar-refractivity contribution in [2.24, 2.45) is 0 Å². The topological polar surface area (TPSA) is 12.5 Å². The third kappa shape index (κ3) is 3.87. The molecule has 158 valence electrons. The maximum atomic E-state index is 5.93. The molecule has 0 bridgehead atoms. The Labute approximate surface area is 187 Å². The third-order valence-corrected chi connectivity index (χ3v) is 6.61. The molecule has 4 rings (SSSR count). The lowest BCUT2D eigenvalue weighted by atomic mass is 9.76. The van der Waals surface area contributed by atoms with E-state index >= 15 is 0 Å². The third-order valence-electron chi connectivity index (χ3n) is 6.61. The lowest BCUT2D eigenvalue weighted by Gasteiger charge is -2.27. The molecular weight excluding hydrogens is 390 g/mol. The highest BCUT2D eigenvalue weighted by atomic mass is 35.5. The summed E-state index contributed by atoms with van der Waals surface area (Å²) < 4.78 is 5.93. The fourth-order valence-corrected chi connectivity index (χ4v) is 4.97. The summed E-state index contributed by atoms with van der Waals surface area (Å²) in [5, 5.41) is 0. The maximum absolute atomic E-state index is 5.93. The lowest BCUT2D eigenvalue weighted by Crippen LogP contribution is -2.23. The molecule has 0 aliphatic heterocycles. The summed E-state index contributed by atoms with van der Waals surface area (Å²) in [4.78, 5) is 2.14. The molecule has 3 aromatic carbocycles. The molecule has 0 amide bonds. The number of halogens is 1. The number of ether oxygens (including phenoxy) is 1. The minimum absolute atomic E-state index is 0. The quantitative estimate of drug-likeness (QED) is 0.436. The second kappa shape index (κ2) is 9.24. The number of likely N-dealkylation sites (N-methyl/N-ethyl adjacent to an activating group) is 1. The summed E-state index contributed by atoms with van der Waals surface area (Å²) in [5.41, 5.74) is 4.40. The fourth-order valence-electron chi connectivity index (χ4n) is 4.97. The Morgan fingerprint density at radius 1 is 0.767 bits per heavy atom. The molecule has 0 saturated heterocycles. The van der Waals surface area contributed by atoms with Crippen LogP contribution in [0.5, 0.6) is 5.75 Å². The highest BCUT2D eigenvalue weighted by Gasteiger charge is 2.68. The standard InChI is InChI=1S/C27H31NO.ClH/c1-4-26(22-11-7-5-8-12-22)21-27(26,23-13-9-6-10-14-23)24-15-17-25(18-16-24)29-20-19-28(2)3;/h5-18H,4,19-21H2,1-3H3;1H. The van der Waals surface area contributed by atoms with E-state index in [-0.39, 0.29) is 23.2 Å². The molecule has 1 aliphatic carbocycles. The molecular formula is C27H32ClNO. The van der Waals surface area contributed by atoms with Crippen molar-refractivity contribution in [1.82, 2.24) is 4.90 Å². The Balaban J connectivity index is 0.00000256. The van der Waals surface area contributed by atoms with Crippen LogP contribution in [0.3, 0.4) is 0 Å². The van der Waals surface area contributed by atoms with E-state index in [0.29, 0.717) is 6.61 Å². The average Bonchev–Trinajstić information content (AvgIpc) is 3.47. The van der Waals surface area contributed by atoms with Crippen LogP contribution in [0.2, 0.25) is 0 Å². The van der Waals surface area contributed by atoms with Crippen LogP contribution in [0.4, 0.5) is 0 Å². The van der Waals surface area contributed by atoms with Crippen LogP contribution in [-0.2, 0) is 10.8 Å². The van der Waals surface area contributed by atoms with Crippen molar-refractivity contribution >= 4 is 12.4 Å². The molecule has 1 saturated carbocycles. The monoisotopic (exact) mass is 421 g/mol. The van der Waals surface area contributed by atoms with E-state index < -0.39 is 0 Å². The Bertz CT molecular complexity index is 926. The van der Waals surface area contributed by atoms with Gasteiger partial charge >= 0.3 is 0 Å². The van der Waals surface area contributed by atoms with Gasteiger partial charge < -0.3 is 9.64 Å².